The summed E-state index contributed by atoms with van der Waals surface area (Å²) in [5.41, 5.74) is 1.79. The van der Waals surface area contributed by atoms with Crippen LogP contribution in [-0.4, -0.2) is 30.4 Å². The molecule has 0 bridgehead atoms. The minimum absolute atomic E-state index is 0.00970. The summed E-state index contributed by atoms with van der Waals surface area (Å²) in [6, 6.07) is 10.3. The third kappa shape index (κ3) is 4.77. The highest BCUT2D eigenvalue weighted by molar-refractivity contribution is 6.00. The number of ether oxygens (including phenoxy) is 1. The van der Waals surface area contributed by atoms with E-state index in [-0.39, 0.29) is 24.6 Å². The van der Waals surface area contributed by atoms with E-state index >= 15 is 0 Å². The van der Waals surface area contributed by atoms with Crippen LogP contribution in [0.2, 0.25) is 0 Å². The van der Waals surface area contributed by atoms with Gasteiger partial charge in [-0.3, -0.25) is 14.4 Å². The summed E-state index contributed by atoms with van der Waals surface area (Å²) < 4.78 is 31.4. The highest BCUT2D eigenvalue weighted by atomic mass is 19.2. The molecule has 2 amide bonds. The van der Waals surface area contributed by atoms with E-state index in [9.17, 15) is 23.2 Å². The number of hydrogen-bond donors (Lipinski definition) is 1. The molecule has 0 radical (unpaired) electrons. The maximum Gasteiger partial charge on any atom is 0.312 e. The summed E-state index contributed by atoms with van der Waals surface area (Å²) in [4.78, 5) is 38.3. The largest absolute Gasteiger partial charge is 0.452 e. The summed E-state index contributed by atoms with van der Waals surface area (Å²) in [5, 5.41) is 2.35. The number of anilines is 2. The van der Waals surface area contributed by atoms with Gasteiger partial charge in [-0.25, -0.2) is 8.78 Å². The maximum absolute atomic E-state index is 13.2. The summed E-state index contributed by atoms with van der Waals surface area (Å²) in [7, 11) is 0. The van der Waals surface area contributed by atoms with Crippen molar-refractivity contribution in [2.75, 3.05) is 16.8 Å². The van der Waals surface area contributed by atoms with Crippen molar-refractivity contribution in [3.8, 4) is 0 Å². The number of hydrogen-bond acceptors (Lipinski definition) is 4. The number of benzene rings is 2. The number of esters is 1. The van der Waals surface area contributed by atoms with E-state index in [0.717, 1.165) is 17.7 Å². The van der Waals surface area contributed by atoms with Gasteiger partial charge in [0, 0.05) is 30.4 Å². The lowest BCUT2D eigenvalue weighted by atomic mass is 10.1. The number of carbonyl (C=O) groups is 3. The number of amides is 2. The van der Waals surface area contributed by atoms with Crippen LogP contribution in [0.15, 0.2) is 42.5 Å². The van der Waals surface area contributed by atoms with Crippen LogP contribution < -0.4 is 10.2 Å². The second-order valence-electron chi connectivity index (χ2n) is 6.94. The Hall–Kier alpha value is -3.29. The Labute approximate surface area is 166 Å². The van der Waals surface area contributed by atoms with E-state index in [4.69, 9.17) is 4.74 Å². The Kier molecular flexibility index (Phi) is 5.91. The van der Waals surface area contributed by atoms with E-state index in [1.807, 2.05) is 19.1 Å². The summed E-state index contributed by atoms with van der Waals surface area (Å²) in [6.07, 6.45) is -1.18. The molecule has 0 unspecified atom stereocenters. The lowest BCUT2D eigenvalue weighted by Gasteiger charge is -2.18. The number of nitrogens with one attached hydrogen (secondary N) is 1. The van der Waals surface area contributed by atoms with Crippen LogP contribution in [0, 0.1) is 24.5 Å². The topological polar surface area (TPSA) is 75.7 Å². The molecule has 1 heterocycles. The van der Waals surface area contributed by atoms with E-state index in [2.05, 4.69) is 5.32 Å². The Morgan fingerprint density at radius 3 is 2.48 bits per heavy atom. The van der Waals surface area contributed by atoms with Gasteiger partial charge in [-0.15, -0.1) is 0 Å². The van der Waals surface area contributed by atoms with Gasteiger partial charge in [0.05, 0.1) is 5.92 Å². The maximum atomic E-state index is 13.2. The molecule has 1 aliphatic rings. The van der Waals surface area contributed by atoms with Gasteiger partial charge in [0.15, 0.2) is 17.7 Å². The first kappa shape index (κ1) is 20.4. The fourth-order valence-corrected chi connectivity index (χ4v) is 2.98. The number of rotatable bonds is 5. The molecule has 1 saturated heterocycles. The highest BCUT2D eigenvalue weighted by Crippen LogP contribution is 2.26. The van der Waals surface area contributed by atoms with E-state index in [1.54, 1.807) is 12.1 Å². The van der Waals surface area contributed by atoms with Gasteiger partial charge in [0.25, 0.3) is 5.91 Å². The van der Waals surface area contributed by atoms with Crippen molar-refractivity contribution in [2.45, 2.75) is 26.4 Å². The molecule has 1 fully saturated rings. The van der Waals surface area contributed by atoms with Gasteiger partial charge in [-0.05, 0) is 38.1 Å². The van der Waals surface area contributed by atoms with Crippen LogP contribution in [0.4, 0.5) is 20.2 Å². The lowest BCUT2D eigenvalue weighted by molar-refractivity contribution is -0.157. The molecular weight excluding hydrogens is 382 g/mol. The number of aryl methyl sites for hydroxylation is 1. The fraction of sp³-hybridized carbons (Fsp3) is 0.286. The van der Waals surface area contributed by atoms with E-state index in [1.165, 1.54) is 17.9 Å². The lowest BCUT2D eigenvalue weighted by Crippen LogP contribution is -2.33. The molecular formula is C21H20F2N2O4. The smallest absolute Gasteiger partial charge is 0.312 e. The van der Waals surface area contributed by atoms with Crippen molar-refractivity contribution < 1.29 is 27.9 Å². The molecule has 0 aromatic heterocycles. The summed E-state index contributed by atoms with van der Waals surface area (Å²) in [5.74, 6) is -4.39. The monoisotopic (exact) mass is 402 g/mol. The van der Waals surface area contributed by atoms with Crippen LogP contribution in [-0.2, 0) is 19.1 Å². The predicted octanol–water partition coefficient (Wildman–Crippen LogP) is 3.20. The van der Waals surface area contributed by atoms with Gasteiger partial charge in [0.1, 0.15) is 0 Å². The zero-order chi connectivity index (χ0) is 21.1. The zero-order valence-corrected chi connectivity index (χ0v) is 15.9. The van der Waals surface area contributed by atoms with Crippen LogP contribution in [0.3, 0.4) is 0 Å². The van der Waals surface area contributed by atoms with Crippen LogP contribution >= 0.6 is 0 Å². The Balaban J connectivity index is 1.57. The van der Waals surface area contributed by atoms with Gasteiger partial charge in [-0.1, -0.05) is 17.7 Å². The third-order valence-electron chi connectivity index (χ3n) is 4.65. The quantitative estimate of drug-likeness (QED) is 0.780. The number of halogens is 2. The molecule has 0 aliphatic carbocycles. The summed E-state index contributed by atoms with van der Waals surface area (Å²) in [6.45, 7) is 3.46. The molecule has 8 heteroatoms. The Morgan fingerprint density at radius 2 is 1.83 bits per heavy atom. The average molecular weight is 402 g/mol. The molecule has 0 spiro atoms. The minimum Gasteiger partial charge on any atom is -0.452 e. The van der Waals surface area contributed by atoms with Crippen molar-refractivity contribution in [1.82, 2.24) is 0 Å². The molecule has 2 aromatic rings. The molecule has 2 atom stereocenters. The van der Waals surface area contributed by atoms with Gasteiger partial charge >= 0.3 is 5.97 Å². The fourth-order valence-electron chi connectivity index (χ4n) is 2.98. The standard InChI is InChI=1S/C21H20F2N2O4/c1-12-3-6-16(7-4-12)25-11-14(9-19(25)26)21(28)29-13(2)20(27)24-15-5-8-17(22)18(23)10-15/h3-8,10,13-14H,9,11H2,1-2H3,(H,24,27)/t13-,14+/m0/s1. The number of nitrogens with zero attached hydrogens (tertiary/aromatic N) is 1. The highest BCUT2D eigenvalue weighted by Gasteiger charge is 2.37. The van der Waals surface area contributed by atoms with Gasteiger partial charge < -0.3 is 15.0 Å². The Bertz CT molecular complexity index is 946. The molecule has 29 heavy (non-hydrogen) atoms. The van der Waals surface area contributed by atoms with E-state index < -0.39 is 35.5 Å². The first-order chi connectivity index (χ1) is 13.7. The van der Waals surface area contributed by atoms with E-state index in [0.29, 0.717) is 5.69 Å². The van der Waals surface area contributed by atoms with Crippen molar-refractivity contribution in [3.63, 3.8) is 0 Å². The first-order valence-electron chi connectivity index (χ1n) is 9.08. The molecule has 2 aromatic carbocycles. The van der Waals surface area contributed by atoms with Crippen molar-refractivity contribution in [3.05, 3.63) is 59.7 Å². The SMILES string of the molecule is Cc1ccc(N2C[C@H](C(=O)O[C@@H](C)C(=O)Nc3ccc(F)c(F)c3)CC2=O)cc1. The van der Waals surface area contributed by atoms with Crippen molar-refractivity contribution in [2.24, 2.45) is 5.92 Å². The molecule has 152 valence electrons. The second-order valence-corrected chi connectivity index (χ2v) is 6.94. The van der Waals surface area contributed by atoms with Crippen LogP contribution in [0.25, 0.3) is 0 Å². The minimum atomic E-state index is -1.17. The summed E-state index contributed by atoms with van der Waals surface area (Å²) >= 11 is 0. The van der Waals surface area contributed by atoms with Crippen LogP contribution in [0.5, 0.6) is 0 Å². The molecule has 1 N–H and O–H groups in total. The molecule has 3 rings (SSSR count). The van der Waals surface area contributed by atoms with Gasteiger partial charge in [-0.2, -0.15) is 0 Å². The third-order valence-corrected chi connectivity index (χ3v) is 4.65. The number of carbonyl (C=O) groups excluding carboxylic acids is 3. The Morgan fingerprint density at radius 1 is 1.14 bits per heavy atom. The van der Waals surface area contributed by atoms with Crippen molar-refractivity contribution in [1.29, 1.82) is 0 Å². The molecule has 1 aliphatic heterocycles. The van der Waals surface area contributed by atoms with Crippen LogP contribution in [0.1, 0.15) is 18.9 Å². The predicted molar refractivity (Wildman–Crippen MR) is 102 cm³/mol. The average Bonchev–Trinajstić information content (AvgIpc) is 3.07. The van der Waals surface area contributed by atoms with Gasteiger partial charge in [0.2, 0.25) is 5.91 Å². The second kappa shape index (κ2) is 8.38. The van der Waals surface area contributed by atoms with Crippen molar-refractivity contribution >= 4 is 29.2 Å². The normalized spacial score (nSPS) is 17.2. The molecule has 0 saturated carbocycles. The molecule has 6 nitrogen and oxygen atoms in total. The zero-order valence-electron chi connectivity index (χ0n) is 15.9. The first-order valence-corrected chi connectivity index (χ1v) is 9.08.